The summed E-state index contributed by atoms with van der Waals surface area (Å²) in [6.07, 6.45) is 2.31. The maximum absolute atomic E-state index is 8.80. The molecular weight excluding hydrogens is 288 g/mol. The quantitative estimate of drug-likeness (QED) is 0.762. The minimum Gasteiger partial charge on any atom is -0.493 e. The van der Waals surface area contributed by atoms with Crippen LogP contribution in [-0.2, 0) is 6.42 Å². The first-order valence-corrected chi connectivity index (χ1v) is 7.13. The largest absolute Gasteiger partial charge is 0.493 e. The molecule has 0 amide bonds. The summed E-state index contributed by atoms with van der Waals surface area (Å²) >= 11 is 0. The number of ether oxygens (including phenoxy) is 2. The van der Waals surface area contributed by atoms with Crippen LogP contribution in [0.1, 0.15) is 11.1 Å². The summed E-state index contributed by atoms with van der Waals surface area (Å²) < 4.78 is 11.1. The fraction of sp³-hybridized carbons (Fsp3) is 0.158. The summed E-state index contributed by atoms with van der Waals surface area (Å²) in [7, 11) is 1.56. The third-order valence-corrected chi connectivity index (χ3v) is 3.23. The van der Waals surface area contributed by atoms with Gasteiger partial charge in [-0.3, -0.25) is 0 Å². The highest BCUT2D eigenvalue weighted by Gasteiger charge is 2.06. The van der Waals surface area contributed by atoms with E-state index in [0.717, 1.165) is 12.0 Å². The van der Waals surface area contributed by atoms with E-state index >= 15 is 0 Å². The summed E-state index contributed by atoms with van der Waals surface area (Å²) in [5.74, 6) is 1.21. The molecule has 0 aliphatic carbocycles. The molecule has 0 fully saturated rings. The van der Waals surface area contributed by atoms with E-state index in [1.54, 1.807) is 25.3 Å². The van der Waals surface area contributed by atoms with Crippen LogP contribution in [0.15, 0.2) is 54.1 Å². The molecule has 2 aromatic carbocycles. The Morgan fingerprint density at radius 3 is 2.43 bits per heavy atom. The predicted molar refractivity (Wildman–Crippen MR) is 87.8 cm³/mol. The van der Waals surface area contributed by atoms with Gasteiger partial charge in [0, 0.05) is 6.42 Å². The van der Waals surface area contributed by atoms with E-state index < -0.39 is 0 Å². The fourth-order valence-corrected chi connectivity index (χ4v) is 2.07. The molecule has 0 aliphatic heterocycles. The maximum Gasteiger partial charge on any atom is 0.161 e. The SMILES string of the molecule is COc1cc(C=C(C#N)C#N)ccc1OCCc1ccccc1. The molecule has 0 N–H and O–H groups in total. The highest BCUT2D eigenvalue weighted by atomic mass is 16.5. The summed E-state index contributed by atoms with van der Waals surface area (Å²) in [4.78, 5) is 0. The van der Waals surface area contributed by atoms with E-state index in [9.17, 15) is 0 Å². The van der Waals surface area contributed by atoms with Gasteiger partial charge in [0.1, 0.15) is 17.7 Å². The fourth-order valence-electron chi connectivity index (χ4n) is 2.07. The Hall–Kier alpha value is -3.24. The lowest BCUT2D eigenvalue weighted by atomic mass is 10.1. The smallest absolute Gasteiger partial charge is 0.161 e. The second-order valence-corrected chi connectivity index (χ2v) is 4.78. The summed E-state index contributed by atoms with van der Waals surface area (Å²) in [6.45, 7) is 0.539. The molecular formula is C19H16N2O2. The first kappa shape index (κ1) is 16.1. The molecule has 0 radical (unpaired) electrons. The molecule has 0 heterocycles. The molecule has 4 nitrogen and oxygen atoms in total. The number of rotatable bonds is 6. The van der Waals surface area contributed by atoms with Crippen molar-refractivity contribution >= 4 is 6.08 Å². The Labute approximate surface area is 135 Å². The first-order chi connectivity index (χ1) is 11.3. The normalized spacial score (nSPS) is 9.35. The van der Waals surface area contributed by atoms with Gasteiger partial charge in [-0.25, -0.2) is 0 Å². The van der Waals surface area contributed by atoms with Crippen molar-refractivity contribution in [3.63, 3.8) is 0 Å². The van der Waals surface area contributed by atoms with Gasteiger partial charge in [-0.1, -0.05) is 36.4 Å². The van der Waals surface area contributed by atoms with Gasteiger partial charge in [-0.15, -0.1) is 0 Å². The van der Waals surface area contributed by atoms with E-state index in [1.807, 2.05) is 30.3 Å². The molecule has 23 heavy (non-hydrogen) atoms. The minimum atomic E-state index is 0.0461. The second-order valence-electron chi connectivity index (χ2n) is 4.78. The van der Waals surface area contributed by atoms with E-state index in [-0.39, 0.29) is 5.57 Å². The average molecular weight is 304 g/mol. The van der Waals surface area contributed by atoms with Crippen LogP contribution in [0.5, 0.6) is 11.5 Å². The lowest BCUT2D eigenvalue weighted by Crippen LogP contribution is -2.02. The van der Waals surface area contributed by atoms with Crippen molar-refractivity contribution in [2.75, 3.05) is 13.7 Å². The molecule has 0 bridgehead atoms. The molecule has 0 spiro atoms. The van der Waals surface area contributed by atoms with Crippen LogP contribution in [0.2, 0.25) is 0 Å². The van der Waals surface area contributed by atoms with Crippen molar-refractivity contribution in [2.24, 2.45) is 0 Å². The van der Waals surface area contributed by atoms with E-state index in [1.165, 1.54) is 11.6 Å². The molecule has 0 atom stereocenters. The third-order valence-electron chi connectivity index (χ3n) is 3.23. The van der Waals surface area contributed by atoms with Crippen LogP contribution in [-0.4, -0.2) is 13.7 Å². The Morgan fingerprint density at radius 1 is 1.04 bits per heavy atom. The Kier molecular flexibility index (Phi) is 5.80. The lowest BCUT2D eigenvalue weighted by Gasteiger charge is -2.11. The van der Waals surface area contributed by atoms with Crippen LogP contribution >= 0.6 is 0 Å². The topological polar surface area (TPSA) is 66.0 Å². The van der Waals surface area contributed by atoms with Crippen LogP contribution in [0.3, 0.4) is 0 Å². The van der Waals surface area contributed by atoms with Gasteiger partial charge in [-0.05, 0) is 29.3 Å². The molecule has 114 valence electrons. The molecule has 2 rings (SSSR count). The molecule has 2 aromatic rings. The lowest BCUT2D eigenvalue weighted by molar-refractivity contribution is 0.297. The highest BCUT2D eigenvalue weighted by molar-refractivity contribution is 5.64. The number of methoxy groups -OCH3 is 1. The average Bonchev–Trinajstić information content (AvgIpc) is 2.61. The minimum absolute atomic E-state index is 0.0461. The van der Waals surface area contributed by atoms with Crippen molar-refractivity contribution in [2.45, 2.75) is 6.42 Å². The molecule has 0 saturated carbocycles. The van der Waals surface area contributed by atoms with Gasteiger partial charge in [0.15, 0.2) is 11.5 Å². The van der Waals surface area contributed by atoms with Gasteiger partial charge >= 0.3 is 0 Å². The van der Waals surface area contributed by atoms with E-state index in [0.29, 0.717) is 18.1 Å². The number of benzene rings is 2. The van der Waals surface area contributed by atoms with Crippen molar-refractivity contribution in [3.05, 3.63) is 65.2 Å². The zero-order chi connectivity index (χ0) is 16.5. The van der Waals surface area contributed by atoms with Crippen molar-refractivity contribution in [3.8, 4) is 23.6 Å². The monoisotopic (exact) mass is 304 g/mol. The van der Waals surface area contributed by atoms with Gasteiger partial charge in [-0.2, -0.15) is 10.5 Å². The maximum atomic E-state index is 8.80. The number of hydrogen-bond donors (Lipinski definition) is 0. The zero-order valence-electron chi connectivity index (χ0n) is 12.8. The molecule has 0 unspecified atom stereocenters. The van der Waals surface area contributed by atoms with Gasteiger partial charge in [0.2, 0.25) is 0 Å². The van der Waals surface area contributed by atoms with Gasteiger partial charge < -0.3 is 9.47 Å². The Balaban J connectivity index is 2.07. The van der Waals surface area contributed by atoms with Crippen LogP contribution in [0, 0.1) is 22.7 Å². The van der Waals surface area contributed by atoms with E-state index in [4.69, 9.17) is 20.0 Å². The summed E-state index contributed by atoms with van der Waals surface area (Å²) in [5.41, 5.74) is 1.97. The molecule has 0 saturated heterocycles. The third kappa shape index (κ3) is 4.62. The zero-order valence-corrected chi connectivity index (χ0v) is 12.8. The van der Waals surface area contributed by atoms with Gasteiger partial charge in [0.25, 0.3) is 0 Å². The highest BCUT2D eigenvalue weighted by Crippen LogP contribution is 2.29. The summed E-state index contributed by atoms with van der Waals surface area (Å²) in [5, 5.41) is 17.6. The van der Waals surface area contributed by atoms with Crippen molar-refractivity contribution in [1.82, 2.24) is 0 Å². The van der Waals surface area contributed by atoms with Crippen LogP contribution in [0.25, 0.3) is 6.08 Å². The van der Waals surface area contributed by atoms with Crippen LogP contribution in [0.4, 0.5) is 0 Å². The number of nitriles is 2. The van der Waals surface area contributed by atoms with E-state index in [2.05, 4.69) is 12.1 Å². The molecule has 4 heteroatoms. The number of allylic oxidation sites excluding steroid dienone is 1. The Bertz CT molecular complexity index is 752. The standard InChI is InChI=1S/C19H16N2O2/c1-22-19-12-16(11-17(13-20)14-21)7-8-18(19)23-10-9-15-5-3-2-4-6-15/h2-8,11-12H,9-10H2,1H3. The van der Waals surface area contributed by atoms with Gasteiger partial charge in [0.05, 0.1) is 13.7 Å². The number of hydrogen-bond acceptors (Lipinski definition) is 4. The summed E-state index contributed by atoms with van der Waals surface area (Å²) in [6, 6.07) is 19.1. The van der Waals surface area contributed by atoms with Crippen molar-refractivity contribution < 1.29 is 9.47 Å². The predicted octanol–water partition coefficient (Wildman–Crippen LogP) is 3.75. The molecule has 0 aromatic heterocycles. The Morgan fingerprint density at radius 2 is 1.78 bits per heavy atom. The number of nitrogens with zero attached hydrogens (tertiary/aromatic N) is 2. The first-order valence-electron chi connectivity index (χ1n) is 7.13. The molecule has 0 aliphatic rings. The van der Waals surface area contributed by atoms with Crippen molar-refractivity contribution in [1.29, 1.82) is 10.5 Å². The second kappa shape index (κ2) is 8.26. The van der Waals surface area contributed by atoms with Crippen LogP contribution < -0.4 is 9.47 Å².